The van der Waals surface area contributed by atoms with Gasteiger partial charge in [0.2, 0.25) is 0 Å². The molecule has 0 fully saturated rings. The molecule has 21 heavy (non-hydrogen) atoms. The number of aromatic nitrogens is 2. The molecule has 0 saturated carbocycles. The molecule has 0 saturated heterocycles. The molecular formula is C15H16N4O2. The normalized spacial score (nSPS) is 10.0. The van der Waals surface area contributed by atoms with Crippen LogP contribution in [-0.2, 0) is 6.54 Å². The largest absolute Gasteiger partial charge is 0.332 e. The number of hydrogen-bond acceptors (Lipinski definition) is 4. The molecule has 0 radical (unpaired) electrons. The minimum atomic E-state index is -0.340. The van der Waals surface area contributed by atoms with Crippen molar-refractivity contribution in [1.29, 1.82) is 0 Å². The van der Waals surface area contributed by atoms with Crippen molar-refractivity contribution in [3.63, 3.8) is 0 Å². The fraction of sp³-hybridized carbons (Fsp3) is 0.200. The number of benzene rings is 1. The van der Waals surface area contributed by atoms with Gasteiger partial charge in [0.15, 0.2) is 5.78 Å². The van der Waals surface area contributed by atoms with Gasteiger partial charge in [-0.15, -0.1) is 0 Å². The Kier molecular flexibility index (Phi) is 4.61. The number of carbonyl (C=O) groups excluding carboxylic acids is 2. The number of aryl methyl sites for hydroxylation is 1. The van der Waals surface area contributed by atoms with E-state index < -0.39 is 0 Å². The maximum atomic E-state index is 11.7. The quantitative estimate of drug-likeness (QED) is 0.844. The van der Waals surface area contributed by atoms with Gasteiger partial charge in [-0.05, 0) is 38.1 Å². The average Bonchev–Trinajstić information content (AvgIpc) is 2.47. The fourth-order valence-corrected chi connectivity index (χ4v) is 1.65. The highest BCUT2D eigenvalue weighted by atomic mass is 16.2. The number of urea groups is 1. The van der Waals surface area contributed by atoms with E-state index in [0.717, 1.165) is 5.69 Å². The summed E-state index contributed by atoms with van der Waals surface area (Å²) < 4.78 is 0. The highest BCUT2D eigenvalue weighted by Gasteiger charge is 2.04. The molecular weight excluding hydrogens is 268 g/mol. The molecule has 1 aromatic carbocycles. The summed E-state index contributed by atoms with van der Waals surface area (Å²) in [6, 6.07) is 6.37. The maximum absolute atomic E-state index is 11.7. The van der Waals surface area contributed by atoms with Gasteiger partial charge in [-0.1, -0.05) is 0 Å². The Balaban J connectivity index is 1.86. The summed E-state index contributed by atoms with van der Waals surface area (Å²) in [5.74, 6) is -0.0102. The monoisotopic (exact) mass is 284 g/mol. The third kappa shape index (κ3) is 4.38. The molecule has 108 valence electrons. The van der Waals surface area contributed by atoms with Crippen LogP contribution in [0.3, 0.4) is 0 Å². The Morgan fingerprint density at radius 3 is 2.38 bits per heavy atom. The first kappa shape index (κ1) is 14.6. The van der Waals surface area contributed by atoms with Gasteiger partial charge >= 0.3 is 6.03 Å². The molecule has 2 rings (SSSR count). The smallest absolute Gasteiger partial charge is 0.319 e. The lowest BCUT2D eigenvalue weighted by Crippen LogP contribution is -2.28. The number of Topliss-reactive ketones (excluding diaryl/α,β-unsaturated/α-hetero) is 1. The molecule has 0 spiro atoms. The first-order valence-electron chi connectivity index (χ1n) is 6.48. The highest BCUT2D eigenvalue weighted by Crippen LogP contribution is 2.09. The lowest BCUT2D eigenvalue weighted by molar-refractivity contribution is 0.101. The molecule has 2 amide bonds. The van der Waals surface area contributed by atoms with E-state index in [1.54, 1.807) is 36.7 Å². The van der Waals surface area contributed by atoms with Crippen LogP contribution in [0, 0.1) is 6.92 Å². The van der Waals surface area contributed by atoms with Gasteiger partial charge in [0.05, 0.1) is 24.1 Å². The van der Waals surface area contributed by atoms with Gasteiger partial charge < -0.3 is 10.6 Å². The summed E-state index contributed by atoms with van der Waals surface area (Å²) in [6.45, 7) is 3.64. The summed E-state index contributed by atoms with van der Waals surface area (Å²) in [4.78, 5) is 31.1. The third-order valence-corrected chi connectivity index (χ3v) is 2.81. The lowest BCUT2D eigenvalue weighted by Gasteiger charge is -2.07. The number of amides is 2. The van der Waals surface area contributed by atoms with Gasteiger partial charge in [-0.25, -0.2) is 4.79 Å². The SMILES string of the molecule is CC(=O)c1ccc(NC(=O)NCc2cnc(C)cn2)cc1. The van der Waals surface area contributed by atoms with Gasteiger partial charge in [-0.3, -0.25) is 14.8 Å². The van der Waals surface area contributed by atoms with Crippen molar-refractivity contribution >= 4 is 17.5 Å². The van der Waals surface area contributed by atoms with Crippen LogP contribution in [0.4, 0.5) is 10.5 Å². The van der Waals surface area contributed by atoms with Crippen LogP contribution in [0.15, 0.2) is 36.7 Å². The topological polar surface area (TPSA) is 84.0 Å². The average molecular weight is 284 g/mol. The molecule has 0 aliphatic heterocycles. The third-order valence-electron chi connectivity index (χ3n) is 2.81. The molecule has 2 N–H and O–H groups in total. The van der Waals surface area contributed by atoms with E-state index in [9.17, 15) is 9.59 Å². The lowest BCUT2D eigenvalue weighted by atomic mass is 10.1. The fourth-order valence-electron chi connectivity index (χ4n) is 1.65. The summed E-state index contributed by atoms with van der Waals surface area (Å²) in [5, 5.41) is 5.36. The van der Waals surface area contributed by atoms with E-state index in [-0.39, 0.29) is 11.8 Å². The van der Waals surface area contributed by atoms with Crippen molar-refractivity contribution in [1.82, 2.24) is 15.3 Å². The van der Waals surface area contributed by atoms with Crippen LogP contribution in [-0.4, -0.2) is 21.8 Å². The van der Waals surface area contributed by atoms with E-state index in [0.29, 0.717) is 23.5 Å². The van der Waals surface area contributed by atoms with Crippen molar-refractivity contribution in [2.75, 3.05) is 5.32 Å². The van der Waals surface area contributed by atoms with Gasteiger partial charge in [-0.2, -0.15) is 0 Å². The second-order valence-electron chi connectivity index (χ2n) is 4.59. The Labute approximate surface area is 122 Å². The Morgan fingerprint density at radius 2 is 1.81 bits per heavy atom. The van der Waals surface area contributed by atoms with E-state index in [4.69, 9.17) is 0 Å². The van der Waals surface area contributed by atoms with Crippen molar-refractivity contribution < 1.29 is 9.59 Å². The zero-order valence-electron chi connectivity index (χ0n) is 11.9. The Bertz CT molecular complexity index is 636. The molecule has 0 aliphatic carbocycles. The number of nitrogens with one attached hydrogen (secondary N) is 2. The summed E-state index contributed by atoms with van der Waals surface area (Å²) in [5.41, 5.74) is 2.74. The van der Waals surface area contributed by atoms with Crippen LogP contribution in [0.1, 0.15) is 28.7 Å². The van der Waals surface area contributed by atoms with Crippen LogP contribution < -0.4 is 10.6 Å². The molecule has 1 heterocycles. The van der Waals surface area contributed by atoms with Crippen molar-refractivity contribution in [2.24, 2.45) is 0 Å². The molecule has 6 nitrogen and oxygen atoms in total. The molecule has 0 unspecified atom stereocenters. The number of ketones is 1. The van der Waals surface area contributed by atoms with Crippen LogP contribution in [0.25, 0.3) is 0 Å². The van der Waals surface area contributed by atoms with E-state index in [1.165, 1.54) is 6.92 Å². The Hall–Kier alpha value is -2.76. The molecule has 2 aromatic rings. The molecule has 0 bridgehead atoms. The van der Waals surface area contributed by atoms with Crippen molar-refractivity contribution in [3.05, 3.63) is 53.6 Å². The summed E-state index contributed by atoms with van der Waals surface area (Å²) in [7, 11) is 0. The number of anilines is 1. The molecule has 6 heteroatoms. The first-order valence-corrected chi connectivity index (χ1v) is 6.48. The number of hydrogen-bond donors (Lipinski definition) is 2. The van der Waals surface area contributed by atoms with Crippen molar-refractivity contribution in [3.8, 4) is 0 Å². The second-order valence-corrected chi connectivity index (χ2v) is 4.59. The minimum absolute atomic E-state index is 0.0102. The zero-order chi connectivity index (χ0) is 15.2. The van der Waals surface area contributed by atoms with E-state index in [1.807, 2.05) is 6.92 Å². The second kappa shape index (κ2) is 6.60. The standard InChI is InChI=1S/C15H16N4O2/c1-10-7-17-14(8-16-10)9-18-15(21)19-13-5-3-12(4-6-13)11(2)20/h3-8H,9H2,1-2H3,(H2,18,19,21). The van der Waals surface area contributed by atoms with Crippen LogP contribution >= 0.6 is 0 Å². The summed E-state index contributed by atoms with van der Waals surface area (Å²) in [6.07, 6.45) is 3.27. The zero-order valence-corrected chi connectivity index (χ0v) is 11.9. The first-order chi connectivity index (χ1) is 10.0. The van der Waals surface area contributed by atoms with Crippen LogP contribution in [0.5, 0.6) is 0 Å². The predicted molar refractivity (Wildman–Crippen MR) is 79.1 cm³/mol. The van der Waals surface area contributed by atoms with Crippen molar-refractivity contribution in [2.45, 2.75) is 20.4 Å². The number of nitrogens with zero attached hydrogens (tertiary/aromatic N) is 2. The minimum Gasteiger partial charge on any atom is -0.332 e. The molecule has 0 aliphatic rings. The van der Waals surface area contributed by atoms with Gasteiger partial charge in [0, 0.05) is 17.4 Å². The molecule has 1 aromatic heterocycles. The molecule has 0 atom stereocenters. The highest BCUT2D eigenvalue weighted by molar-refractivity contribution is 5.95. The van der Waals surface area contributed by atoms with Crippen LogP contribution in [0.2, 0.25) is 0 Å². The summed E-state index contributed by atoms with van der Waals surface area (Å²) >= 11 is 0. The number of rotatable bonds is 4. The van der Waals surface area contributed by atoms with E-state index in [2.05, 4.69) is 20.6 Å². The van der Waals surface area contributed by atoms with Gasteiger partial charge in [0.1, 0.15) is 0 Å². The van der Waals surface area contributed by atoms with Gasteiger partial charge in [0.25, 0.3) is 0 Å². The van der Waals surface area contributed by atoms with E-state index >= 15 is 0 Å². The predicted octanol–water partition coefficient (Wildman–Crippen LogP) is 2.31. The maximum Gasteiger partial charge on any atom is 0.319 e. The Morgan fingerprint density at radius 1 is 1.10 bits per heavy atom. The number of carbonyl (C=O) groups is 2.